The Labute approximate surface area is 214 Å². The first-order chi connectivity index (χ1) is 17.0. The maximum absolute atomic E-state index is 13.2. The molecule has 0 aromatic heterocycles. The highest BCUT2D eigenvalue weighted by Crippen LogP contribution is 2.39. The quantitative estimate of drug-likeness (QED) is 0.434. The minimum Gasteiger partial charge on any atom is -0.507 e. The first-order valence-electron chi connectivity index (χ1n) is 11.2. The smallest absolute Gasteiger partial charge is 0.265 e. The average Bonchev–Trinajstić information content (AvgIpc) is 3.25. The van der Waals surface area contributed by atoms with Crippen molar-refractivity contribution < 1.29 is 27.9 Å². The molecule has 8 nitrogen and oxygen atoms in total. The summed E-state index contributed by atoms with van der Waals surface area (Å²) in [6.07, 6.45) is 0.990. The summed E-state index contributed by atoms with van der Waals surface area (Å²) in [6, 6.07) is 12.7. The Kier molecular flexibility index (Phi) is 6.97. The van der Waals surface area contributed by atoms with Crippen molar-refractivity contribution in [3.63, 3.8) is 0 Å². The van der Waals surface area contributed by atoms with Crippen molar-refractivity contribution in [2.45, 2.75) is 37.5 Å². The van der Waals surface area contributed by atoms with Crippen LogP contribution in [-0.2, 0) is 21.2 Å². The molecule has 2 amide bonds. The third-order valence-corrected chi connectivity index (χ3v) is 8.11. The van der Waals surface area contributed by atoms with Gasteiger partial charge in [-0.1, -0.05) is 41.9 Å². The van der Waals surface area contributed by atoms with Crippen molar-refractivity contribution in [2.75, 3.05) is 12.4 Å². The highest BCUT2D eigenvalue weighted by molar-refractivity contribution is 7.90. The first-order valence-corrected chi connectivity index (χ1v) is 13.0. The van der Waals surface area contributed by atoms with Gasteiger partial charge in [-0.15, -0.1) is 0 Å². The number of sulfonamides is 1. The molecule has 0 spiro atoms. The molecule has 3 N–H and O–H groups in total. The number of anilines is 1. The second kappa shape index (κ2) is 9.83. The number of benzene rings is 3. The molecule has 0 heterocycles. The van der Waals surface area contributed by atoms with Crippen LogP contribution in [0.4, 0.5) is 5.69 Å². The van der Waals surface area contributed by atoms with Crippen LogP contribution in [0.3, 0.4) is 0 Å². The number of carbonyl (C=O) groups is 2. The van der Waals surface area contributed by atoms with Crippen LogP contribution in [0.1, 0.15) is 45.0 Å². The summed E-state index contributed by atoms with van der Waals surface area (Å²) in [5.41, 5.74) is 3.41. The number of hydrogen-bond donors (Lipinski definition) is 3. The number of aromatic hydroxyl groups is 1. The molecule has 0 aliphatic heterocycles. The molecule has 4 rings (SSSR count). The van der Waals surface area contributed by atoms with Crippen LogP contribution >= 0.6 is 11.6 Å². The van der Waals surface area contributed by atoms with E-state index in [0.29, 0.717) is 29.8 Å². The fourth-order valence-electron chi connectivity index (χ4n) is 4.47. The van der Waals surface area contributed by atoms with Gasteiger partial charge in [0.2, 0.25) is 5.91 Å². The largest absolute Gasteiger partial charge is 0.507 e. The number of hydrogen-bond acceptors (Lipinski definition) is 6. The average molecular weight is 529 g/mol. The predicted octanol–water partition coefficient (Wildman–Crippen LogP) is 4.46. The number of halogens is 1. The molecule has 0 saturated carbocycles. The lowest BCUT2D eigenvalue weighted by molar-refractivity contribution is -0.120. The molecular formula is C26H25ClN2O6S. The van der Waals surface area contributed by atoms with Crippen LogP contribution in [0.2, 0.25) is 5.02 Å². The van der Waals surface area contributed by atoms with Gasteiger partial charge in [-0.05, 0) is 61.1 Å². The van der Waals surface area contributed by atoms with Crippen LogP contribution in [-0.4, -0.2) is 32.4 Å². The maximum atomic E-state index is 13.2. The van der Waals surface area contributed by atoms with E-state index in [1.807, 2.05) is 32.0 Å². The Morgan fingerprint density at radius 3 is 2.42 bits per heavy atom. The topological polar surface area (TPSA) is 122 Å². The molecule has 1 aliphatic rings. The molecule has 0 saturated heterocycles. The maximum Gasteiger partial charge on any atom is 0.265 e. The molecular weight excluding hydrogens is 504 g/mol. The molecule has 3 aromatic rings. The number of para-hydroxylation sites is 1. The lowest BCUT2D eigenvalue weighted by Gasteiger charge is -2.16. The third kappa shape index (κ3) is 4.76. The van der Waals surface area contributed by atoms with Crippen molar-refractivity contribution >= 4 is 39.1 Å². The van der Waals surface area contributed by atoms with E-state index in [-0.39, 0.29) is 10.6 Å². The van der Waals surface area contributed by atoms with Gasteiger partial charge >= 0.3 is 0 Å². The van der Waals surface area contributed by atoms with Crippen LogP contribution in [0.5, 0.6) is 11.5 Å². The zero-order valence-electron chi connectivity index (χ0n) is 19.9. The van der Waals surface area contributed by atoms with Crippen LogP contribution < -0.4 is 14.8 Å². The minimum atomic E-state index is -4.46. The van der Waals surface area contributed by atoms with Gasteiger partial charge in [0, 0.05) is 11.8 Å². The summed E-state index contributed by atoms with van der Waals surface area (Å²) in [4.78, 5) is 25.5. The lowest BCUT2D eigenvalue weighted by atomic mass is 10.0. The first kappa shape index (κ1) is 25.5. The SMILES string of the molecule is COc1cccc2c1CCC2C(=O)NS(=O)(=O)c1cc(C(=O)Nc2c(C)cccc2C)c(O)cc1Cl. The second-order valence-electron chi connectivity index (χ2n) is 8.61. The number of rotatable bonds is 6. The predicted molar refractivity (Wildman–Crippen MR) is 136 cm³/mol. The molecule has 0 fully saturated rings. The van der Waals surface area contributed by atoms with Crippen molar-refractivity contribution in [2.24, 2.45) is 0 Å². The Hall–Kier alpha value is -3.56. The number of carbonyl (C=O) groups excluding carboxylic acids is 2. The van der Waals surface area contributed by atoms with Crippen molar-refractivity contribution in [3.05, 3.63) is 81.4 Å². The Bertz CT molecular complexity index is 1470. The summed E-state index contributed by atoms with van der Waals surface area (Å²) < 4.78 is 33.7. The van der Waals surface area contributed by atoms with E-state index in [0.717, 1.165) is 28.8 Å². The van der Waals surface area contributed by atoms with Crippen LogP contribution in [0, 0.1) is 13.8 Å². The molecule has 1 aliphatic carbocycles. The van der Waals surface area contributed by atoms with E-state index in [4.69, 9.17) is 16.3 Å². The number of ether oxygens (including phenoxy) is 1. The Balaban J connectivity index is 1.62. The molecule has 188 valence electrons. The highest BCUT2D eigenvalue weighted by atomic mass is 35.5. The van der Waals surface area contributed by atoms with Crippen LogP contribution in [0.15, 0.2) is 53.4 Å². The molecule has 0 bridgehead atoms. The summed E-state index contributed by atoms with van der Waals surface area (Å²) in [7, 11) is -2.93. The Morgan fingerprint density at radius 1 is 1.08 bits per heavy atom. The van der Waals surface area contributed by atoms with Gasteiger partial charge in [-0.25, -0.2) is 13.1 Å². The zero-order valence-corrected chi connectivity index (χ0v) is 21.5. The summed E-state index contributed by atoms with van der Waals surface area (Å²) >= 11 is 6.13. The van der Waals surface area contributed by atoms with E-state index in [1.54, 1.807) is 18.2 Å². The number of phenols is 1. The number of amides is 2. The molecule has 10 heteroatoms. The van der Waals surface area contributed by atoms with Gasteiger partial charge in [-0.2, -0.15) is 0 Å². The number of fused-ring (bicyclic) bond motifs is 1. The molecule has 36 heavy (non-hydrogen) atoms. The number of methoxy groups -OCH3 is 1. The van der Waals surface area contributed by atoms with Crippen molar-refractivity contribution in [3.8, 4) is 11.5 Å². The normalized spacial score (nSPS) is 14.7. The summed E-state index contributed by atoms with van der Waals surface area (Å²) in [5.74, 6) is -1.97. The fourth-order valence-corrected chi connectivity index (χ4v) is 6.03. The number of nitrogens with one attached hydrogen (secondary N) is 2. The van der Waals surface area contributed by atoms with E-state index in [9.17, 15) is 23.1 Å². The summed E-state index contributed by atoms with van der Waals surface area (Å²) in [5, 5.41) is 12.7. The fraction of sp³-hybridized carbons (Fsp3) is 0.231. The van der Waals surface area contributed by atoms with Gasteiger partial charge in [0.05, 0.1) is 23.6 Å². The van der Waals surface area contributed by atoms with E-state index < -0.39 is 38.4 Å². The van der Waals surface area contributed by atoms with E-state index in [1.165, 1.54) is 7.11 Å². The molecule has 0 radical (unpaired) electrons. The van der Waals surface area contributed by atoms with Crippen molar-refractivity contribution in [1.29, 1.82) is 0 Å². The lowest BCUT2D eigenvalue weighted by Crippen LogP contribution is -2.34. The van der Waals surface area contributed by atoms with E-state index >= 15 is 0 Å². The third-order valence-electron chi connectivity index (χ3n) is 6.30. The Morgan fingerprint density at radius 2 is 1.75 bits per heavy atom. The van der Waals surface area contributed by atoms with Gasteiger partial charge in [0.15, 0.2) is 0 Å². The van der Waals surface area contributed by atoms with Gasteiger partial charge in [-0.3, -0.25) is 9.59 Å². The molecule has 1 unspecified atom stereocenters. The van der Waals surface area contributed by atoms with E-state index in [2.05, 4.69) is 10.0 Å². The van der Waals surface area contributed by atoms with Gasteiger partial charge in [0.25, 0.3) is 15.9 Å². The second-order valence-corrected chi connectivity index (χ2v) is 10.7. The monoisotopic (exact) mass is 528 g/mol. The van der Waals surface area contributed by atoms with Crippen molar-refractivity contribution in [1.82, 2.24) is 4.72 Å². The highest BCUT2D eigenvalue weighted by Gasteiger charge is 2.34. The standard InChI is InChI=1S/C26H25ClN2O6S/c1-14-6-4-7-15(2)24(14)28-25(31)19-12-23(20(27)13-21(19)30)36(33,34)29-26(32)18-11-10-17-16(18)8-5-9-22(17)35-3/h4-9,12-13,18,30H,10-11H2,1-3H3,(H,28,31)(H,29,32). The summed E-state index contributed by atoms with van der Waals surface area (Å²) in [6.45, 7) is 3.62. The van der Waals surface area contributed by atoms with Gasteiger partial charge < -0.3 is 15.2 Å². The molecule has 1 atom stereocenters. The number of phenolic OH excluding ortho intramolecular Hbond substituents is 1. The van der Waals surface area contributed by atoms with Gasteiger partial charge in [0.1, 0.15) is 16.4 Å². The zero-order chi connectivity index (χ0) is 26.2. The number of aryl methyl sites for hydroxylation is 2. The minimum absolute atomic E-state index is 0.300. The molecule has 3 aromatic carbocycles. The van der Waals surface area contributed by atoms with Crippen LogP contribution in [0.25, 0.3) is 0 Å².